The molecule has 0 aromatic heterocycles. The van der Waals surface area contributed by atoms with Crippen molar-refractivity contribution in [1.29, 1.82) is 0 Å². The fraction of sp³-hybridized carbons (Fsp3) is 0.500. The molecule has 1 aliphatic rings. The molecule has 2 rings (SSSR count). The van der Waals surface area contributed by atoms with Gasteiger partial charge >= 0.3 is 0 Å². The average Bonchev–Trinajstić information content (AvgIpc) is 2.27. The Hall–Kier alpha value is 0.0500. The van der Waals surface area contributed by atoms with Gasteiger partial charge in [0.2, 0.25) is 0 Å². The number of piperidine rings is 1. The minimum atomic E-state index is 0.352. The zero-order valence-electron chi connectivity index (χ0n) is 8.93. The average molecular weight is 279 g/mol. The molecule has 1 fully saturated rings. The molecule has 0 saturated carbocycles. The second-order valence-corrected chi connectivity index (χ2v) is 5.63. The topological polar surface area (TPSA) is 3.24 Å². The van der Waals surface area contributed by atoms with Gasteiger partial charge in [-0.1, -0.05) is 29.3 Å². The van der Waals surface area contributed by atoms with E-state index in [-0.39, 0.29) is 0 Å². The predicted molar refractivity (Wildman–Crippen MR) is 70.6 cm³/mol. The molecule has 88 valence electrons. The Morgan fingerprint density at radius 3 is 2.44 bits per heavy atom. The number of rotatable bonds is 2. The van der Waals surface area contributed by atoms with Gasteiger partial charge in [-0.3, -0.25) is 4.90 Å². The minimum absolute atomic E-state index is 0.352. The third kappa shape index (κ3) is 3.27. The monoisotopic (exact) mass is 277 g/mol. The Morgan fingerprint density at radius 1 is 1.12 bits per heavy atom. The van der Waals surface area contributed by atoms with E-state index in [1.165, 1.54) is 5.56 Å². The molecule has 0 bridgehead atoms. The predicted octanol–water partition coefficient (Wildman–Crippen LogP) is 4.20. The van der Waals surface area contributed by atoms with Crippen molar-refractivity contribution in [3.63, 3.8) is 0 Å². The summed E-state index contributed by atoms with van der Waals surface area (Å²) in [6.45, 7) is 3.06. The highest BCUT2D eigenvalue weighted by atomic mass is 35.5. The largest absolute Gasteiger partial charge is 0.299 e. The van der Waals surface area contributed by atoms with Gasteiger partial charge in [0.1, 0.15) is 0 Å². The summed E-state index contributed by atoms with van der Waals surface area (Å²) in [5.41, 5.74) is 1.21. The molecule has 1 aromatic carbocycles. The minimum Gasteiger partial charge on any atom is -0.299 e. The lowest BCUT2D eigenvalue weighted by atomic mass is 10.1. The maximum atomic E-state index is 6.07. The van der Waals surface area contributed by atoms with Gasteiger partial charge in [0.15, 0.2) is 0 Å². The van der Waals surface area contributed by atoms with Gasteiger partial charge in [0.25, 0.3) is 0 Å². The van der Waals surface area contributed by atoms with E-state index < -0.39 is 0 Å². The summed E-state index contributed by atoms with van der Waals surface area (Å²) in [6.07, 6.45) is 2.14. The molecular weight excluding hydrogens is 264 g/mol. The van der Waals surface area contributed by atoms with Crippen LogP contribution >= 0.6 is 34.8 Å². The number of halogens is 3. The molecule has 0 N–H and O–H groups in total. The molecule has 1 saturated heterocycles. The first-order chi connectivity index (χ1) is 7.65. The fourth-order valence-electron chi connectivity index (χ4n) is 1.96. The third-order valence-corrected chi connectivity index (χ3v) is 4.08. The fourth-order valence-corrected chi connectivity index (χ4v) is 2.47. The summed E-state index contributed by atoms with van der Waals surface area (Å²) >= 11 is 17.9. The molecule has 0 radical (unpaired) electrons. The summed E-state index contributed by atoms with van der Waals surface area (Å²) in [4.78, 5) is 2.40. The van der Waals surface area contributed by atoms with E-state index in [0.717, 1.165) is 32.5 Å². The van der Waals surface area contributed by atoms with Crippen LogP contribution in [0.5, 0.6) is 0 Å². The molecule has 1 aliphatic heterocycles. The van der Waals surface area contributed by atoms with E-state index in [1.54, 1.807) is 0 Å². The number of likely N-dealkylation sites (tertiary alicyclic amines) is 1. The smallest absolute Gasteiger partial charge is 0.0595 e. The molecule has 0 aliphatic carbocycles. The maximum absolute atomic E-state index is 6.07. The molecule has 1 heterocycles. The van der Waals surface area contributed by atoms with Crippen molar-refractivity contribution in [3.05, 3.63) is 33.8 Å². The van der Waals surface area contributed by atoms with E-state index >= 15 is 0 Å². The Morgan fingerprint density at radius 2 is 1.81 bits per heavy atom. The van der Waals surface area contributed by atoms with Crippen LogP contribution in [-0.2, 0) is 6.54 Å². The normalized spacial score (nSPS) is 18.9. The van der Waals surface area contributed by atoms with E-state index in [4.69, 9.17) is 34.8 Å². The van der Waals surface area contributed by atoms with E-state index in [1.807, 2.05) is 18.2 Å². The van der Waals surface area contributed by atoms with Gasteiger partial charge in [-0.25, -0.2) is 0 Å². The Balaban J connectivity index is 1.96. The summed E-state index contributed by atoms with van der Waals surface area (Å²) in [5.74, 6) is 0. The van der Waals surface area contributed by atoms with Crippen LogP contribution in [0.2, 0.25) is 10.0 Å². The van der Waals surface area contributed by atoms with Crippen molar-refractivity contribution in [3.8, 4) is 0 Å². The van der Waals surface area contributed by atoms with Gasteiger partial charge in [0, 0.05) is 11.9 Å². The first kappa shape index (κ1) is 12.5. The van der Waals surface area contributed by atoms with Crippen molar-refractivity contribution >= 4 is 34.8 Å². The Kier molecular flexibility index (Phi) is 4.37. The quantitative estimate of drug-likeness (QED) is 0.733. The SMILES string of the molecule is Clc1ccc(CN2CCC(Cl)CC2)cc1Cl. The highest BCUT2D eigenvalue weighted by molar-refractivity contribution is 6.42. The van der Waals surface area contributed by atoms with E-state index in [9.17, 15) is 0 Å². The van der Waals surface area contributed by atoms with Gasteiger partial charge in [0.05, 0.1) is 10.0 Å². The van der Waals surface area contributed by atoms with Crippen molar-refractivity contribution < 1.29 is 0 Å². The molecule has 1 nitrogen and oxygen atoms in total. The molecule has 0 amide bonds. The van der Waals surface area contributed by atoms with Crippen LogP contribution in [0.4, 0.5) is 0 Å². The molecule has 0 unspecified atom stereocenters. The summed E-state index contributed by atoms with van der Waals surface area (Å²) in [6, 6.07) is 5.82. The number of hydrogen-bond donors (Lipinski definition) is 0. The van der Waals surface area contributed by atoms with Crippen LogP contribution in [0, 0.1) is 0 Å². The zero-order chi connectivity index (χ0) is 11.5. The molecular formula is C12H14Cl3N. The Labute approximate surface area is 111 Å². The summed E-state index contributed by atoms with van der Waals surface area (Å²) in [5, 5.41) is 1.60. The summed E-state index contributed by atoms with van der Waals surface area (Å²) in [7, 11) is 0. The van der Waals surface area contributed by atoms with Crippen LogP contribution in [-0.4, -0.2) is 23.4 Å². The standard InChI is InChI=1S/C12H14Cl3N/c13-10-3-5-16(6-4-10)8-9-1-2-11(14)12(15)7-9/h1-2,7,10H,3-6,8H2. The van der Waals surface area contributed by atoms with Crippen LogP contribution in [0.25, 0.3) is 0 Å². The van der Waals surface area contributed by atoms with Gasteiger partial charge in [-0.05, 0) is 43.6 Å². The van der Waals surface area contributed by atoms with Gasteiger partial charge in [-0.2, -0.15) is 0 Å². The third-order valence-electron chi connectivity index (χ3n) is 2.91. The second kappa shape index (κ2) is 5.59. The molecule has 16 heavy (non-hydrogen) atoms. The molecule has 0 atom stereocenters. The number of nitrogens with zero attached hydrogens (tertiary/aromatic N) is 1. The number of alkyl halides is 1. The van der Waals surface area contributed by atoms with Crippen LogP contribution in [0.3, 0.4) is 0 Å². The molecule has 4 heteroatoms. The summed E-state index contributed by atoms with van der Waals surface area (Å²) < 4.78 is 0. The van der Waals surface area contributed by atoms with Gasteiger partial charge in [-0.15, -0.1) is 11.6 Å². The van der Waals surface area contributed by atoms with Crippen LogP contribution in [0.1, 0.15) is 18.4 Å². The lowest BCUT2D eigenvalue weighted by molar-refractivity contribution is 0.223. The van der Waals surface area contributed by atoms with Gasteiger partial charge < -0.3 is 0 Å². The lowest BCUT2D eigenvalue weighted by Crippen LogP contribution is -2.33. The van der Waals surface area contributed by atoms with Crippen molar-refractivity contribution in [1.82, 2.24) is 4.90 Å². The van der Waals surface area contributed by atoms with Crippen molar-refractivity contribution in [2.45, 2.75) is 24.8 Å². The number of hydrogen-bond acceptors (Lipinski definition) is 1. The van der Waals surface area contributed by atoms with Crippen LogP contribution in [0.15, 0.2) is 18.2 Å². The van der Waals surface area contributed by atoms with Crippen molar-refractivity contribution in [2.24, 2.45) is 0 Å². The second-order valence-electron chi connectivity index (χ2n) is 4.20. The lowest BCUT2D eigenvalue weighted by Gasteiger charge is -2.29. The highest BCUT2D eigenvalue weighted by Crippen LogP contribution is 2.24. The number of benzene rings is 1. The molecule has 1 aromatic rings. The highest BCUT2D eigenvalue weighted by Gasteiger charge is 2.17. The maximum Gasteiger partial charge on any atom is 0.0595 e. The first-order valence-corrected chi connectivity index (χ1v) is 6.65. The zero-order valence-corrected chi connectivity index (χ0v) is 11.2. The Bertz CT molecular complexity index is 359. The van der Waals surface area contributed by atoms with Crippen LogP contribution < -0.4 is 0 Å². The van der Waals surface area contributed by atoms with Crippen molar-refractivity contribution in [2.75, 3.05) is 13.1 Å². The first-order valence-electron chi connectivity index (χ1n) is 5.45. The van der Waals surface area contributed by atoms with E-state index in [0.29, 0.717) is 15.4 Å². The molecule has 0 spiro atoms. The van der Waals surface area contributed by atoms with E-state index in [2.05, 4.69) is 4.90 Å².